The van der Waals surface area contributed by atoms with Gasteiger partial charge in [-0.15, -0.1) is 0 Å². The molecule has 19 heavy (non-hydrogen) atoms. The largest absolute Gasteiger partial charge is 0.487 e. The Morgan fingerprint density at radius 1 is 1.11 bits per heavy atom. The predicted molar refractivity (Wildman–Crippen MR) is 73.9 cm³/mol. The number of nitro benzene ring substituents is 1. The fourth-order valence-electron chi connectivity index (χ4n) is 1.47. The number of ether oxygens (including phenoxy) is 1. The van der Waals surface area contributed by atoms with Gasteiger partial charge in [0.2, 0.25) is 0 Å². The van der Waals surface area contributed by atoms with Crippen LogP contribution < -0.4 is 4.74 Å². The van der Waals surface area contributed by atoms with Crippen molar-refractivity contribution < 1.29 is 9.66 Å². The average molecular weight is 298 g/mol. The standard InChI is InChI=1S/C13H9Cl2NO3/c14-11-2-1-3-12(13(11)15)19-8-9-4-6-10(7-5-9)16(17)18/h1-7H,8H2. The van der Waals surface area contributed by atoms with Crippen molar-refractivity contribution in [3.05, 3.63) is 68.2 Å². The van der Waals surface area contributed by atoms with E-state index in [0.717, 1.165) is 5.56 Å². The molecule has 0 N–H and O–H groups in total. The smallest absolute Gasteiger partial charge is 0.269 e. The van der Waals surface area contributed by atoms with E-state index in [-0.39, 0.29) is 12.3 Å². The molecule has 0 aliphatic heterocycles. The van der Waals surface area contributed by atoms with E-state index in [1.54, 1.807) is 30.3 Å². The first-order valence-electron chi connectivity index (χ1n) is 5.38. The molecule has 0 bridgehead atoms. The Morgan fingerprint density at radius 2 is 1.79 bits per heavy atom. The summed E-state index contributed by atoms with van der Waals surface area (Å²) >= 11 is 11.8. The van der Waals surface area contributed by atoms with Gasteiger partial charge in [-0.25, -0.2) is 0 Å². The van der Waals surface area contributed by atoms with Gasteiger partial charge < -0.3 is 4.74 Å². The van der Waals surface area contributed by atoms with Crippen LogP contribution in [0.4, 0.5) is 5.69 Å². The molecule has 0 aliphatic rings. The lowest BCUT2D eigenvalue weighted by Crippen LogP contribution is -1.96. The van der Waals surface area contributed by atoms with Gasteiger partial charge in [0, 0.05) is 12.1 Å². The molecule has 0 atom stereocenters. The molecule has 0 fully saturated rings. The van der Waals surface area contributed by atoms with E-state index in [2.05, 4.69) is 0 Å². The molecule has 98 valence electrons. The van der Waals surface area contributed by atoms with Crippen LogP contribution >= 0.6 is 23.2 Å². The molecule has 0 saturated carbocycles. The van der Waals surface area contributed by atoms with Crippen molar-refractivity contribution in [2.24, 2.45) is 0 Å². The highest BCUT2D eigenvalue weighted by atomic mass is 35.5. The van der Waals surface area contributed by atoms with Crippen molar-refractivity contribution in [3.63, 3.8) is 0 Å². The van der Waals surface area contributed by atoms with Gasteiger partial charge >= 0.3 is 0 Å². The third kappa shape index (κ3) is 3.36. The topological polar surface area (TPSA) is 52.4 Å². The van der Waals surface area contributed by atoms with E-state index in [9.17, 15) is 10.1 Å². The average Bonchev–Trinajstić information content (AvgIpc) is 2.41. The highest BCUT2D eigenvalue weighted by Gasteiger charge is 2.07. The highest BCUT2D eigenvalue weighted by molar-refractivity contribution is 6.42. The summed E-state index contributed by atoms with van der Waals surface area (Å²) in [7, 11) is 0. The van der Waals surface area contributed by atoms with E-state index in [1.807, 2.05) is 0 Å². The number of halogens is 2. The Hall–Kier alpha value is -1.78. The van der Waals surface area contributed by atoms with Gasteiger partial charge in [-0.05, 0) is 29.8 Å². The van der Waals surface area contributed by atoms with Crippen molar-refractivity contribution in [1.29, 1.82) is 0 Å². The summed E-state index contributed by atoms with van der Waals surface area (Å²) in [5.41, 5.74) is 0.853. The van der Waals surface area contributed by atoms with Crippen LogP contribution in [0.3, 0.4) is 0 Å². The monoisotopic (exact) mass is 297 g/mol. The fourth-order valence-corrected chi connectivity index (χ4v) is 1.82. The first kappa shape index (κ1) is 13.6. The third-order valence-corrected chi connectivity index (χ3v) is 3.26. The fraction of sp³-hybridized carbons (Fsp3) is 0.0769. The molecule has 2 aromatic carbocycles. The van der Waals surface area contributed by atoms with Crippen LogP contribution in [0.2, 0.25) is 10.0 Å². The second kappa shape index (κ2) is 5.91. The molecule has 0 aliphatic carbocycles. The second-order valence-electron chi connectivity index (χ2n) is 3.76. The van der Waals surface area contributed by atoms with E-state index in [4.69, 9.17) is 27.9 Å². The Kier molecular flexibility index (Phi) is 4.24. The molecule has 0 unspecified atom stereocenters. The van der Waals surface area contributed by atoms with E-state index in [0.29, 0.717) is 15.8 Å². The van der Waals surface area contributed by atoms with Gasteiger partial charge in [-0.3, -0.25) is 10.1 Å². The van der Waals surface area contributed by atoms with Crippen molar-refractivity contribution in [2.75, 3.05) is 0 Å². The van der Waals surface area contributed by atoms with Gasteiger partial charge in [-0.2, -0.15) is 0 Å². The molecular weight excluding hydrogens is 289 g/mol. The van der Waals surface area contributed by atoms with E-state index >= 15 is 0 Å². The molecule has 4 nitrogen and oxygen atoms in total. The molecule has 0 aromatic heterocycles. The van der Waals surface area contributed by atoms with Gasteiger partial charge in [0.25, 0.3) is 5.69 Å². The van der Waals surface area contributed by atoms with Gasteiger partial charge in [0.05, 0.1) is 9.95 Å². The summed E-state index contributed by atoms with van der Waals surface area (Å²) in [4.78, 5) is 10.1. The van der Waals surface area contributed by atoms with Crippen molar-refractivity contribution in [2.45, 2.75) is 6.61 Å². The summed E-state index contributed by atoms with van der Waals surface area (Å²) in [5.74, 6) is 0.479. The summed E-state index contributed by atoms with van der Waals surface area (Å²) in [6, 6.07) is 11.2. The van der Waals surface area contributed by atoms with Crippen molar-refractivity contribution in [1.82, 2.24) is 0 Å². The van der Waals surface area contributed by atoms with Gasteiger partial charge in [0.1, 0.15) is 17.4 Å². The molecule has 0 amide bonds. The normalized spacial score (nSPS) is 10.2. The lowest BCUT2D eigenvalue weighted by atomic mass is 10.2. The minimum atomic E-state index is -0.446. The van der Waals surface area contributed by atoms with Crippen molar-refractivity contribution >= 4 is 28.9 Å². The van der Waals surface area contributed by atoms with Gasteiger partial charge in [0.15, 0.2) is 0 Å². The maximum atomic E-state index is 10.5. The lowest BCUT2D eigenvalue weighted by molar-refractivity contribution is -0.384. The van der Waals surface area contributed by atoms with Crippen LogP contribution in [0.5, 0.6) is 5.75 Å². The zero-order chi connectivity index (χ0) is 13.8. The molecule has 0 spiro atoms. The van der Waals surface area contributed by atoms with Crippen LogP contribution in [0.1, 0.15) is 5.56 Å². The number of rotatable bonds is 4. The maximum absolute atomic E-state index is 10.5. The highest BCUT2D eigenvalue weighted by Crippen LogP contribution is 2.31. The summed E-state index contributed by atoms with van der Waals surface area (Å²) in [5, 5.41) is 11.3. The van der Waals surface area contributed by atoms with Crippen LogP contribution in [-0.2, 0) is 6.61 Å². The Bertz CT molecular complexity index is 599. The first-order valence-corrected chi connectivity index (χ1v) is 6.13. The Labute approximate surface area is 119 Å². The molecule has 0 heterocycles. The zero-order valence-electron chi connectivity index (χ0n) is 9.68. The van der Waals surface area contributed by atoms with Gasteiger partial charge in [-0.1, -0.05) is 29.3 Å². The minimum Gasteiger partial charge on any atom is -0.487 e. The quantitative estimate of drug-likeness (QED) is 0.617. The van der Waals surface area contributed by atoms with E-state index in [1.165, 1.54) is 12.1 Å². The first-order chi connectivity index (χ1) is 9.08. The number of nitrogens with zero attached hydrogens (tertiary/aromatic N) is 1. The van der Waals surface area contributed by atoms with E-state index < -0.39 is 4.92 Å². The Morgan fingerprint density at radius 3 is 2.42 bits per heavy atom. The number of nitro groups is 1. The molecule has 2 rings (SSSR count). The number of benzene rings is 2. The van der Waals surface area contributed by atoms with Crippen LogP contribution in [0, 0.1) is 10.1 Å². The minimum absolute atomic E-state index is 0.0459. The summed E-state index contributed by atoms with van der Waals surface area (Å²) in [6.07, 6.45) is 0. The number of non-ortho nitro benzene ring substituents is 1. The van der Waals surface area contributed by atoms with Crippen LogP contribution in [0.15, 0.2) is 42.5 Å². The molecule has 0 radical (unpaired) electrons. The molecule has 6 heteroatoms. The predicted octanol–water partition coefficient (Wildman–Crippen LogP) is 4.48. The summed E-state index contributed by atoms with van der Waals surface area (Å²) in [6.45, 7) is 0.262. The maximum Gasteiger partial charge on any atom is 0.269 e. The summed E-state index contributed by atoms with van der Waals surface area (Å²) < 4.78 is 5.52. The number of hydrogen-bond acceptors (Lipinski definition) is 3. The SMILES string of the molecule is O=[N+]([O-])c1ccc(COc2cccc(Cl)c2Cl)cc1. The third-order valence-electron chi connectivity index (χ3n) is 2.46. The van der Waals surface area contributed by atoms with Crippen LogP contribution in [-0.4, -0.2) is 4.92 Å². The lowest BCUT2D eigenvalue weighted by Gasteiger charge is -2.08. The molecular formula is C13H9Cl2NO3. The Balaban J connectivity index is 2.06. The van der Waals surface area contributed by atoms with Crippen LogP contribution in [0.25, 0.3) is 0 Å². The second-order valence-corrected chi connectivity index (χ2v) is 4.55. The molecule has 2 aromatic rings. The van der Waals surface area contributed by atoms with Crippen molar-refractivity contribution in [3.8, 4) is 5.75 Å². The zero-order valence-corrected chi connectivity index (χ0v) is 11.2. The number of hydrogen-bond donors (Lipinski definition) is 0. The molecule has 0 saturated heterocycles.